The number of amides is 2. The van der Waals surface area contributed by atoms with Crippen molar-refractivity contribution in [2.75, 3.05) is 11.9 Å². The highest BCUT2D eigenvalue weighted by Gasteiger charge is 2.19. The van der Waals surface area contributed by atoms with Gasteiger partial charge in [-0.25, -0.2) is 4.79 Å². The van der Waals surface area contributed by atoms with E-state index in [0.717, 1.165) is 8.95 Å². The van der Waals surface area contributed by atoms with Crippen molar-refractivity contribution in [2.24, 2.45) is 11.8 Å². The molecule has 1 rings (SSSR count). The van der Waals surface area contributed by atoms with Crippen LogP contribution in [0, 0.1) is 11.8 Å². The lowest BCUT2D eigenvalue weighted by Gasteiger charge is -2.16. The number of benzene rings is 1. The van der Waals surface area contributed by atoms with Gasteiger partial charge in [0.15, 0.2) is 0 Å². The molecule has 7 heteroatoms. The number of carbonyl (C=O) groups is 2. The van der Waals surface area contributed by atoms with Gasteiger partial charge in [-0.05, 0) is 46.5 Å². The van der Waals surface area contributed by atoms with Gasteiger partial charge in [0.2, 0.25) is 0 Å². The summed E-state index contributed by atoms with van der Waals surface area (Å²) < 4.78 is 1.59. The Hall–Kier alpha value is -1.08. The molecule has 0 radical (unpaired) electrons. The van der Waals surface area contributed by atoms with E-state index in [1.165, 1.54) is 0 Å². The zero-order chi connectivity index (χ0) is 16.0. The Morgan fingerprint density at radius 2 is 1.95 bits per heavy atom. The summed E-state index contributed by atoms with van der Waals surface area (Å²) in [6.45, 7) is 4.01. The third-order valence-electron chi connectivity index (χ3n) is 2.79. The van der Waals surface area contributed by atoms with Crippen LogP contribution in [0.4, 0.5) is 10.5 Å². The summed E-state index contributed by atoms with van der Waals surface area (Å²) in [7, 11) is 0. The van der Waals surface area contributed by atoms with Gasteiger partial charge in [0.1, 0.15) is 0 Å². The lowest BCUT2D eigenvalue weighted by atomic mass is 9.97. The van der Waals surface area contributed by atoms with E-state index in [-0.39, 0.29) is 12.5 Å². The van der Waals surface area contributed by atoms with Crippen LogP contribution < -0.4 is 10.6 Å². The lowest BCUT2D eigenvalue weighted by Crippen LogP contribution is -2.36. The number of hydrogen-bond acceptors (Lipinski definition) is 2. The molecular weight excluding hydrogens is 404 g/mol. The monoisotopic (exact) mass is 420 g/mol. The van der Waals surface area contributed by atoms with E-state index in [9.17, 15) is 9.59 Å². The van der Waals surface area contributed by atoms with Gasteiger partial charge in [-0.3, -0.25) is 4.79 Å². The SMILES string of the molecule is CC(C)CC(CNC(=O)Nc1cc(Br)ccc1Br)C(=O)O. The molecular formula is C14H18Br2N2O3. The van der Waals surface area contributed by atoms with Crippen molar-refractivity contribution in [1.82, 2.24) is 5.32 Å². The topological polar surface area (TPSA) is 78.4 Å². The van der Waals surface area contributed by atoms with Gasteiger partial charge in [-0.15, -0.1) is 0 Å². The standard InChI is InChI=1S/C14H18Br2N2O3/c1-8(2)5-9(13(19)20)7-17-14(21)18-12-6-10(15)3-4-11(12)16/h3-4,6,8-9H,5,7H2,1-2H3,(H,19,20)(H2,17,18,21). The van der Waals surface area contributed by atoms with E-state index < -0.39 is 17.9 Å². The van der Waals surface area contributed by atoms with Crippen molar-refractivity contribution < 1.29 is 14.7 Å². The summed E-state index contributed by atoms with van der Waals surface area (Å²) in [5.74, 6) is -1.22. The van der Waals surface area contributed by atoms with Crippen LogP contribution in [-0.2, 0) is 4.79 Å². The normalized spacial score (nSPS) is 12.0. The Labute approximate surface area is 140 Å². The van der Waals surface area contributed by atoms with E-state index >= 15 is 0 Å². The van der Waals surface area contributed by atoms with E-state index in [2.05, 4.69) is 42.5 Å². The van der Waals surface area contributed by atoms with Crippen LogP contribution in [-0.4, -0.2) is 23.7 Å². The second-order valence-corrected chi connectivity index (χ2v) is 6.89. The summed E-state index contributed by atoms with van der Waals surface area (Å²) in [6.07, 6.45) is 0.524. The number of hydrogen-bond donors (Lipinski definition) is 3. The van der Waals surface area contributed by atoms with Crippen LogP contribution in [0.2, 0.25) is 0 Å². The first-order chi connectivity index (χ1) is 9.79. The highest BCUT2D eigenvalue weighted by Crippen LogP contribution is 2.26. The Morgan fingerprint density at radius 1 is 1.29 bits per heavy atom. The molecule has 1 unspecified atom stereocenters. The van der Waals surface area contributed by atoms with Gasteiger partial charge in [0, 0.05) is 15.5 Å². The summed E-state index contributed by atoms with van der Waals surface area (Å²) in [6, 6.07) is 4.98. The quantitative estimate of drug-likeness (QED) is 0.647. The molecule has 1 atom stereocenters. The van der Waals surface area contributed by atoms with Crippen LogP contribution in [0.5, 0.6) is 0 Å². The van der Waals surface area contributed by atoms with Gasteiger partial charge < -0.3 is 15.7 Å². The smallest absolute Gasteiger partial charge is 0.319 e. The fourth-order valence-corrected chi connectivity index (χ4v) is 2.52. The molecule has 0 fully saturated rings. The van der Waals surface area contributed by atoms with Crippen LogP contribution in [0.1, 0.15) is 20.3 Å². The number of rotatable bonds is 6. The molecule has 21 heavy (non-hydrogen) atoms. The van der Waals surface area contributed by atoms with Crippen molar-refractivity contribution in [2.45, 2.75) is 20.3 Å². The second-order valence-electron chi connectivity index (χ2n) is 5.12. The van der Waals surface area contributed by atoms with E-state index in [1.807, 2.05) is 19.9 Å². The molecule has 0 heterocycles. The molecule has 0 spiro atoms. The van der Waals surface area contributed by atoms with E-state index in [1.54, 1.807) is 12.1 Å². The van der Waals surface area contributed by atoms with Gasteiger partial charge >= 0.3 is 12.0 Å². The predicted molar refractivity (Wildman–Crippen MR) is 89.4 cm³/mol. The summed E-state index contributed by atoms with van der Waals surface area (Å²) in [5.41, 5.74) is 0.609. The average Bonchev–Trinajstić information content (AvgIpc) is 2.38. The van der Waals surface area contributed by atoms with Crippen LogP contribution >= 0.6 is 31.9 Å². The molecule has 0 aromatic heterocycles. The zero-order valence-corrected chi connectivity index (χ0v) is 15.0. The molecule has 0 aliphatic rings. The maximum Gasteiger partial charge on any atom is 0.319 e. The Bertz CT molecular complexity index is 521. The van der Waals surface area contributed by atoms with Gasteiger partial charge in [0.25, 0.3) is 0 Å². The third kappa shape index (κ3) is 6.48. The van der Waals surface area contributed by atoms with Gasteiger partial charge in [-0.2, -0.15) is 0 Å². The first-order valence-corrected chi connectivity index (χ1v) is 8.11. The maximum atomic E-state index is 11.8. The molecule has 0 saturated carbocycles. The molecule has 3 N–H and O–H groups in total. The molecule has 1 aromatic carbocycles. The second kappa shape index (κ2) is 8.38. The summed E-state index contributed by atoms with van der Waals surface area (Å²) in [5, 5.41) is 14.4. The minimum Gasteiger partial charge on any atom is -0.481 e. The molecule has 2 amide bonds. The van der Waals surface area contributed by atoms with Gasteiger partial charge in [-0.1, -0.05) is 29.8 Å². The number of carboxylic acid groups (broad SMARTS) is 1. The van der Waals surface area contributed by atoms with Crippen molar-refractivity contribution in [3.63, 3.8) is 0 Å². The number of halogens is 2. The molecule has 0 aliphatic carbocycles. The predicted octanol–water partition coefficient (Wildman–Crippen LogP) is 4.08. The molecule has 5 nitrogen and oxygen atoms in total. The Morgan fingerprint density at radius 3 is 2.52 bits per heavy atom. The fraction of sp³-hybridized carbons (Fsp3) is 0.429. The summed E-state index contributed by atoms with van der Waals surface area (Å²) in [4.78, 5) is 23.0. The number of aliphatic carboxylic acids is 1. The Balaban J connectivity index is 2.57. The highest BCUT2D eigenvalue weighted by atomic mass is 79.9. The zero-order valence-electron chi connectivity index (χ0n) is 11.8. The third-order valence-corrected chi connectivity index (χ3v) is 3.98. The average molecular weight is 422 g/mol. The number of nitrogens with one attached hydrogen (secondary N) is 2. The van der Waals surface area contributed by atoms with E-state index in [4.69, 9.17) is 5.11 Å². The molecule has 0 bridgehead atoms. The minimum absolute atomic E-state index is 0.102. The van der Waals surface area contributed by atoms with Crippen LogP contribution in [0.3, 0.4) is 0 Å². The van der Waals surface area contributed by atoms with E-state index in [0.29, 0.717) is 12.1 Å². The van der Waals surface area contributed by atoms with Crippen molar-refractivity contribution in [1.29, 1.82) is 0 Å². The van der Waals surface area contributed by atoms with Gasteiger partial charge in [0.05, 0.1) is 11.6 Å². The van der Waals surface area contributed by atoms with Crippen molar-refractivity contribution in [3.8, 4) is 0 Å². The van der Waals surface area contributed by atoms with Crippen LogP contribution in [0.15, 0.2) is 27.1 Å². The highest BCUT2D eigenvalue weighted by molar-refractivity contribution is 9.11. The fourth-order valence-electron chi connectivity index (χ4n) is 1.82. The molecule has 0 aliphatic heterocycles. The summed E-state index contributed by atoms with van der Waals surface area (Å²) >= 11 is 6.66. The number of carboxylic acids is 1. The molecule has 0 saturated heterocycles. The first-order valence-electron chi connectivity index (χ1n) is 6.52. The van der Waals surface area contributed by atoms with Crippen molar-refractivity contribution >= 4 is 49.5 Å². The minimum atomic E-state index is -0.896. The largest absolute Gasteiger partial charge is 0.481 e. The Kier molecular flexibility index (Phi) is 7.17. The molecule has 1 aromatic rings. The maximum absolute atomic E-state index is 11.8. The number of carbonyl (C=O) groups excluding carboxylic acids is 1. The number of anilines is 1. The number of urea groups is 1. The lowest BCUT2D eigenvalue weighted by molar-refractivity contribution is -0.142. The molecule has 116 valence electrons. The first kappa shape index (κ1) is 18.0. The van der Waals surface area contributed by atoms with Crippen molar-refractivity contribution in [3.05, 3.63) is 27.1 Å². The van der Waals surface area contributed by atoms with Crippen LogP contribution in [0.25, 0.3) is 0 Å².